The van der Waals surface area contributed by atoms with Crippen LogP contribution < -0.4 is 0 Å². The topological polar surface area (TPSA) is 40.6 Å². The van der Waals surface area contributed by atoms with Gasteiger partial charge in [0.15, 0.2) is 0 Å². The standard InChI is InChI=1S/C16H26N2O2S/c1-4-9-17-10-12-18(13-11-17)21(19,20)16-7-5-15(6-8-16)14(2)3/h5-8,14H,4,9-13H2,1-3H3. The molecule has 0 amide bonds. The fourth-order valence-electron chi connectivity index (χ4n) is 2.68. The van der Waals surface area contributed by atoms with Gasteiger partial charge in [0.05, 0.1) is 4.90 Å². The van der Waals surface area contributed by atoms with Crippen LogP contribution in [-0.2, 0) is 10.0 Å². The molecule has 0 N–H and O–H groups in total. The number of hydrogen-bond acceptors (Lipinski definition) is 3. The smallest absolute Gasteiger partial charge is 0.243 e. The van der Waals surface area contributed by atoms with Gasteiger partial charge in [-0.3, -0.25) is 0 Å². The van der Waals surface area contributed by atoms with Gasteiger partial charge < -0.3 is 4.90 Å². The Hall–Kier alpha value is -0.910. The molecule has 0 spiro atoms. The van der Waals surface area contributed by atoms with Gasteiger partial charge in [0.25, 0.3) is 0 Å². The van der Waals surface area contributed by atoms with Crippen LogP contribution in [0.2, 0.25) is 0 Å². The van der Waals surface area contributed by atoms with Crippen LogP contribution in [-0.4, -0.2) is 50.3 Å². The maximum absolute atomic E-state index is 12.6. The van der Waals surface area contributed by atoms with Gasteiger partial charge in [0.1, 0.15) is 0 Å². The first kappa shape index (κ1) is 16.5. The van der Waals surface area contributed by atoms with E-state index in [1.807, 2.05) is 12.1 Å². The number of hydrogen-bond donors (Lipinski definition) is 0. The van der Waals surface area contributed by atoms with Crippen molar-refractivity contribution in [2.24, 2.45) is 0 Å². The molecule has 0 bridgehead atoms. The molecule has 1 saturated heterocycles. The van der Waals surface area contributed by atoms with E-state index in [4.69, 9.17) is 0 Å². The number of benzene rings is 1. The van der Waals surface area contributed by atoms with Gasteiger partial charge >= 0.3 is 0 Å². The summed E-state index contributed by atoms with van der Waals surface area (Å²) in [6.45, 7) is 10.3. The zero-order valence-corrected chi connectivity index (χ0v) is 14.1. The molecule has 0 radical (unpaired) electrons. The Morgan fingerprint density at radius 3 is 2.10 bits per heavy atom. The molecule has 1 heterocycles. The molecule has 21 heavy (non-hydrogen) atoms. The molecule has 1 aromatic rings. The molecule has 1 aromatic carbocycles. The SMILES string of the molecule is CCCN1CCN(S(=O)(=O)c2ccc(C(C)C)cc2)CC1. The predicted molar refractivity (Wildman–Crippen MR) is 86.0 cm³/mol. The summed E-state index contributed by atoms with van der Waals surface area (Å²) in [5, 5.41) is 0. The van der Waals surface area contributed by atoms with E-state index >= 15 is 0 Å². The molecule has 0 unspecified atom stereocenters. The van der Waals surface area contributed by atoms with E-state index in [0.717, 1.165) is 26.1 Å². The van der Waals surface area contributed by atoms with Gasteiger partial charge in [-0.15, -0.1) is 0 Å². The monoisotopic (exact) mass is 310 g/mol. The molecule has 1 fully saturated rings. The molecule has 0 saturated carbocycles. The van der Waals surface area contributed by atoms with E-state index in [1.54, 1.807) is 16.4 Å². The Morgan fingerprint density at radius 2 is 1.62 bits per heavy atom. The van der Waals surface area contributed by atoms with Crippen LogP contribution in [0.4, 0.5) is 0 Å². The number of sulfonamides is 1. The number of nitrogens with zero attached hydrogens (tertiary/aromatic N) is 2. The van der Waals surface area contributed by atoms with Crippen molar-refractivity contribution in [3.8, 4) is 0 Å². The Labute approximate surface area is 128 Å². The lowest BCUT2D eigenvalue weighted by Gasteiger charge is -2.33. The summed E-state index contributed by atoms with van der Waals surface area (Å²) < 4.78 is 26.9. The van der Waals surface area contributed by atoms with Crippen LogP contribution in [0.3, 0.4) is 0 Å². The van der Waals surface area contributed by atoms with Crippen molar-refractivity contribution in [2.75, 3.05) is 32.7 Å². The fourth-order valence-corrected chi connectivity index (χ4v) is 4.11. The van der Waals surface area contributed by atoms with Crippen LogP contribution in [0.25, 0.3) is 0 Å². The average molecular weight is 310 g/mol. The van der Waals surface area contributed by atoms with Gasteiger partial charge in [-0.2, -0.15) is 4.31 Å². The van der Waals surface area contributed by atoms with Crippen molar-refractivity contribution in [3.63, 3.8) is 0 Å². The maximum Gasteiger partial charge on any atom is 0.243 e. The molecule has 118 valence electrons. The zero-order chi connectivity index (χ0) is 15.5. The lowest BCUT2D eigenvalue weighted by Crippen LogP contribution is -2.48. The van der Waals surface area contributed by atoms with Crippen LogP contribution >= 0.6 is 0 Å². The van der Waals surface area contributed by atoms with Gasteiger partial charge in [-0.05, 0) is 36.6 Å². The Balaban J connectivity index is 2.08. The van der Waals surface area contributed by atoms with Gasteiger partial charge in [0.2, 0.25) is 10.0 Å². The summed E-state index contributed by atoms with van der Waals surface area (Å²) in [5.41, 5.74) is 1.17. The third-order valence-electron chi connectivity index (χ3n) is 4.06. The summed E-state index contributed by atoms with van der Waals surface area (Å²) >= 11 is 0. The second-order valence-electron chi connectivity index (χ2n) is 5.97. The minimum absolute atomic E-state index is 0.413. The molecule has 5 heteroatoms. The van der Waals surface area contributed by atoms with Crippen molar-refractivity contribution in [1.82, 2.24) is 9.21 Å². The van der Waals surface area contributed by atoms with Gasteiger partial charge in [-0.25, -0.2) is 8.42 Å². The van der Waals surface area contributed by atoms with Crippen molar-refractivity contribution < 1.29 is 8.42 Å². The van der Waals surface area contributed by atoms with Gasteiger partial charge in [0, 0.05) is 26.2 Å². The van der Waals surface area contributed by atoms with E-state index in [2.05, 4.69) is 25.7 Å². The minimum atomic E-state index is -3.34. The second kappa shape index (κ2) is 6.90. The summed E-state index contributed by atoms with van der Waals surface area (Å²) in [6, 6.07) is 7.32. The third-order valence-corrected chi connectivity index (χ3v) is 5.97. The lowest BCUT2D eigenvalue weighted by molar-refractivity contribution is 0.188. The summed E-state index contributed by atoms with van der Waals surface area (Å²) in [4.78, 5) is 2.74. The Bertz CT molecular complexity index is 544. The molecular formula is C16H26N2O2S. The van der Waals surface area contributed by atoms with Crippen molar-refractivity contribution >= 4 is 10.0 Å². The molecular weight excluding hydrogens is 284 g/mol. The van der Waals surface area contributed by atoms with Crippen LogP contribution in [0.15, 0.2) is 29.2 Å². The summed E-state index contributed by atoms with van der Waals surface area (Å²) in [5.74, 6) is 0.416. The second-order valence-corrected chi connectivity index (χ2v) is 7.91. The quantitative estimate of drug-likeness (QED) is 0.839. The highest BCUT2D eigenvalue weighted by Crippen LogP contribution is 2.21. The number of piperazine rings is 1. The molecule has 0 aromatic heterocycles. The van der Waals surface area contributed by atoms with E-state index in [9.17, 15) is 8.42 Å². The summed E-state index contributed by atoms with van der Waals surface area (Å²) in [7, 11) is -3.34. The van der Waals surface area contributed by atoms with Crippen LogP contribution in [0.1, 0.15) is 38.7 Å². The normalized spacial score (nSPS) is 18.3. The Morgan fingerprint density at radius 1 is 1.05 bits per heavy atom. The molecule has 1 aliphatic heterocycles. The fraction of sp³-hybridized carbons (Fsp3) is 0.625. The first-order valence-corrected chi connectivity index (χ1v) is 9.21. The molecule has 0 aliphatic carbocycles. The van der Waals surface area contributed by atoms with E-state index in [1.165, 1.54) is 5.56 Å². The highest BCUT2D eigenvalue weighted by molar-refractivity contribution is 7.89. The first-order valence-electron chi connectivity index (χ1n) is 7.77. The van der Waals surface area contributed by atoms with Crippen molar-refractivity contribution in [3.05, 3.63) is 29.8 Å². The molecule has 2 rings (SSSR count). The molecule has 1 aliphatic rings. The lowest BCUT2D eigenvalue weighted by atomic mass is 10.0. The minimum Gasteiger partial charge on any atom is -0.301 e. The van der Waals surface area contributed by atoms with Crippen LogP contribution in [0.5, 0.6) is 0 Å². The highest BCUT2D eigenvalue weighted by atomic mass is 32.2. The average Bonchev–Trinajstić information content (AvgIpc) is 2.48. The summed E-state index contributed by atoms with van der Waals surface area (Å²) in [6.07, 6.45) is 1.11. The number of rotatable bonds is 5. The van der Waals surface area contributed by atoms with E-state index < -0.39 is 10.0 Å². The van der Waals surface area contributed by atoms with E-state index in [0.29, 0.717) is 23.9 Å². The maximum atomic E-state index is 12.6. The van der Waals surface area contributed by atoms with Crippen LogP contribution in [0, 0.1) is 0 Å². The largest absolute Gasteiger partial charge is 0.301 e. The molecule has 4 nitrogen and oxygen atoms in total. The first-order chi connectivity index (χ1) is 9.95. The Kier molecular flexibility index (Phi) is 5.41. The third kappa shape index (κ3) is 3.84. The van der Waals surface area contributed by atoms with Crippen molar-refractivity contribution in [2.45, 2.75) is 38.0 Å². The van der Waals surface area contributed by atoms with Gasteiger partial charge in [-0.1, -0.05) is 32.9 Å². The predicted octanol–water partition coefficient (Wildman–Crippen LogP) is 2.53. The highest BCUT2D eigenvalue weighted by Gasteiger charge is 2.28. The zero-order valence-electron chi connectivity index (χ0n) is 13.2. The van der Waals surface area contributed by atoms with Crippen molar-refractivity contribution in [1.29, 1.82) is 0 Å². The van der Waals surface area contributed by atoms with E-state index in [-0.39, 0.29) is 0 Å². The molecule has 0 atom stereocenters.